The number of pyridine rings is 1. The Labute approximate surface area is 159 Å². The molecule has 0 saturated heterocycles. The fourth-order valence-corrected chi connectivity index (χ4v) is 4.08. The van der Waals surface area contributed by atoms with Gasteiger partial charge in [-0.25, -0.2) is 0 Å². The number of hydrogen-bond acceptors (Lipinski definition) is 6. The fourth-order valence-electron chi connectivity index (χ4n) is 3.21. The molecule has 0 radical (unpaired) electrons. The lowest BCUT2D eigenvalue weighted by Gasteiger charge is -2.05. The molecule has 0 aliphatic rings. The molecule has 6 nitrogen and oxygen atoms in total. The van der Waals surface area contributed by atoms with Crippen LogP contribution in [-0.4, -0.2) is 31.9 Å². The highest BCUT2D eigenvalue weighted by Gasteiger charge is 2.18. The van der Waals surface area contributed by atoms with Gasteiger partial charge in [0.15, 0.2) is 5.82 Å². The van der Waals surface area contributed by atoms with Gasteiger partial charge in [0.05, 0.1) is 18.2 Å². The van der Waals surface area contributed by atoms with Crippen molar-refractivity contribution in [1.82, 2.24) is 24.8 Å². The minimum Gasteiger partial charge on any atom is -0.496 e. The standard InChI is InChI=1S/C20H15N5OS/c1-12-11-15(13-7-3-5-9-16(13)21-12)19-24-25-18(22-23-20(25)27-19)14-8-4-6-10-17(14)26-2/h3-11H,1-2H3. The van der Waals surface area contributed by atoms with Gasteiger partial charge in [-0.2, -0.15) is 9.61 Å². The van der Waals surface area contributed by atoms with Crippen LogP contribution in [0.2, 0.25) is 0 Å². The summed E-state index contributed by atoms with van der Waals surface area (Å²) < 4.78 is 7.25. The molecule has 3 aromatic heterocycles. The van der Waals surface area contributed by atoms with Crippen LogP contribution in [0.1, 0.15) is 5.69 Å². The van der Waals surface area contributed by atoms with E-state index in [1.54, 1.807) is 11.6 Å². The van der Waals surface area contributed by atoms with Gasteiger partial charge in [-0.1, -0.05) is 41.7 Å². The number of aromatic nitrogens is 5. The Morgan fingerprint density at radius 2 is 1.78 bits per heavy atom. The van der Waals surface area contributed by atoms with Gasteiger partial charge in [-0.05, 0) is 31.2 Å². The van der Waals surface area contributed by atoms with Crippen molar-refractivity contribution in [2.75, 3.05) is 7.11 Å². The van der Waals surface area contributed by atoms with Crippen LogP contribution in [0, 0.1) is 6.92 Å². The number of rotatable bonds is 3. The van der Waals surface area contributed by atoms with Gasteiger partial charge in [0, 0.05) is 16.6 Å². The van der Waals surface area contributed by atoms with Gasteiger partial charge in [-0.3, -0.25) is 4.98 Å². The lowest BCUT2D eigenvalue weighted by atomic mass is 10.1. The number of ether oxygens (including phenoxy) is 1. The molecule has 5 rings (SSSR count). The molecule has 0 atom stereocenters. The van der Waals surface area contributed by atoms with Crippen LogP contribution in [0.4, 0.5) is 0 Å². The quantitative estimate of drug-likeness (QED) is 0.469. The molecule has 0 aliphatic carbocycles. The number of fused-ring (bicyclic) bond motifs is 2. The summed E-state index contributed by atoms with van der Waals surface area (Å²) in [6.07, 6.45) is 0. The predicted octanol–water partition coefficient (Wildman–Crippen LogP) is 4.39. The third kappa shape index (κ3) is 2.55. The summed E-state index contributed by atoms with van der Waals surface area (Å²) in [6, 6.07) is 17.9. The first-order valence-electron chi connectivity index (χ1n) is 8.47. The minimum atomic E-state index is 0.667. The molecule has 0 amide bonds. The number of hydrogen-bond donors (Lipinski definition) is 0. The number of benzene rings is 2. The first-order valence-corrected chi connectivity index (χ1v) is 9.28. The molecule has 5 aromatic rings. The molecule has 7 heteroatoms. The summed E-state index contributed by atoms with van der Waals surface area (Å²) in [6.45, 7) is 2.00. The van der Waals surface area contributed by atoms with Crippen molar-refractivity contribution in [2.45, 2.75) is 6.92 Å². The largest absolute Gasteiger partial charge is 0.496 e. The van der Waals surface area contributed by atoms with Gasteiger partial charge >= 0.3 is 0 Å². The summed E-state index contributed by atoms with van der Waals surface area (Å²) in [5.74, 6) is 1.41. The maximum absolute atomic E-state index is 5.47. The Morgan fingerprint density at radius 1 is 0.963 bits per heavy atom. The normalized spacial score (nSPS) is 11.3. The van der Waals surface area contributed by atoms with Crippen molar-refractivity contribution in [3.05, 3.63) is 60.3 Å². The molecule has 0 spiro atoms. The van der Waals surface area contributed by atoms with E-state index >= 15 is 0 Å². The molecule has 0 saturated carbocycles. The van der Waals surface area contributed by atoms with Crippen molar-refractivity contribution < 1.29 is 4.74 Å². The molecule has 132 valence electrons. The molecule has 0 fully saturated rings. The second kappa shape index (κ2) is 6.14. The van der Waals surface area contributed by atoms with E-state index in [0.29, 0.717) is 5.82 Å². The number of nitrogens with zero attached hydrogens (tertiary/aromatic N) is 5. The maximum atomic E-state index is 5.47. The SMILES string of the molecule is COc1ccccc1-c1nnc2sc(-c3cc(C)nc4ccccc34)nn12. The minimum absolute atomic E-state index is 0.667. The lowest BCUT2D eigenvalue weighted by molar-refractivity contribution is 0.416. The highest BCUT2D eigenvalue weighted by Crippen LogP contribution is 2.34. The summed E-state index contributed by atoms with van der Waals surface area (Å²) in [7, 11) is 1.65. The van der Waals surface area contributed by atoms with E-state index in [2.05, 4.69) is 27.3 Å². The summed E-state index contributed by atoms with van der Waals surface area (Å²) in [5.41, 5.74) is 3.84. The van der Waals surface area contributed by atoms with Crippen LogP contribution < -0.4 is 4.74 Å². The van der Waals surface area contributed by atoms with E-state index < -0.39 is 0 Å². The Bertz CT molecular complexity index is 1290. The van der Waals surface area contributed by atoms with E-state index in [1.165, 1.54) is 11.3 Å². The Hall–Kier alpha value is -3.32. The monoisotopic (exact) mass is 373 g/mol. The molecule has 0 unspecified atom stereocenters. The smallest absolute Gasteiger partial charge is 0.235 e. The van der Waals surface area contributed by atoms with Gasteiger partial charge in [0.2, 0.25) is 4.96 Å². The van der Waals surface area contributed by atoms with E-state index in [1.807, 2.05) is 49.4 Å². The third-order valence-corrected chi connectivity index (χ3v) is 5.35. The van der Waals surface area contributed by atoms with Gasteiger partial charge in [-0.15, -0.1) is 10.2 Å². The molecule has 27 heavy (non-hydrogen) atoms. The van der Waals surface area contributed by atoms with E-state index in [4.69, 9.17) is 9.84 Å². The zero-order valence-corrected chi connectivity index (χ0v) is 15.6. The van der Waals surface area contributed by atoms with Crippen molar-refractivity contribution in [2.24, 2.45) is 0 Å². The maximum Gasteiger partial charge on any atom is 0.235 e. The first-order chi connectivity index (χ1) is 13.2. The Morgan fingerprint density at radius 3 is 2.67 bits per heavy atom. The molecular formula is C20H15N5OS. The van der Waals surface area contributed by atoms with Crippen LogP contribution >= 0.6 is 11.3 Å². The average Bonchev–Trinajstić information content (AvgIpc) is 3.28. The second-order valence-electron chi connectivity index (χ2n) is 6.15. The van der Waals surface area contributed by atoms with Crippen LogP contribution in [0.3, 0.4) is 0 Å². The highest BCUT2D eigenvalue weighted by molar-refractivity contribution is 7.20. The topological polar surface area (TPSA) is 65.2 Å². The zero-order valence-electron chi connectivity index (χ0n) is 14.7. The third-order valence-electron chi connectivity index (χ3n) is 4.41. The number of para-hydroxylation sites is 2. The van der Waals surface area contributed by atoms with Crippen molar-refractivity contribution in [3.63, 3.8) is 0 Å². The summed E-state index contributed by atoms with van der Waals surface area (Å²) >= 11 is 1.51. The molecule has 2 aromatic carbocycles. The van der Waals surface area contributed by atoms with Gasteiger partial charge in [0.25, 0.3) is 0 Å². The van der Waals surface area contributed by atoms with Crippen molar-refractivity contribution in [3.8, 4) is 27.7 Å². The predicted molar refractivity (Wildman–Crippen MR) is 106 cm³/mol. The zero-order chi connectivity index (χ0) is 18.4. The Kier molecular flexibility index (Phi) is 3.61. The summed E-state index contributed by atoms with van der Waals surface area (Å²) in [4.78, 5) is 5.36. The summed E-state index contributed by atoms with van der Waals surface area (Å²) in [5, 5.41) is 15.4. The average molecular weight is 373 g/mol. The van der Waals surface area contributed by atoms with E-state index in [9.17, 15) is 0 Å². The van der Waals surface area contributed by atoms with Gasteiger partial charge < -0.3 is 4.74 Å². The first kappa shape index (κ1) is 15.9. The number of methoxy groups -OCH3 is 1. The molecular weight excluding hydrogens is 358 g/mol. The number of aryl methyl sites for hydroxylation is 1. The van der Waals surface area contributed by atoms with Crippen LogP contribution in [0.5, 0.6) is 5.75 Å². The lowest BCUT2D eigenvalue weighted by Crippen LogP contribution is -1.94. The molecule has 3 heterocycles. The second-order valence-corrected chi connectivity index (χ2v) is 7.11. The fraction of sp³-hybridized carbons (Fsp3) is 0.100. The van der Waals surface area contributed by atoms with Crippen LogP contribution in [-0.2, 0) is 0 Å². The van der Waals surface area contributed by atoms with E-state index in [0.717, 1.165) is 43.4 Å². The van der Waals surface area contributed by atoms with Crippen LogP contribution in [0.15, 0.2) is 54.6 Å². The van der Waals surface area contributed by atoms with Crippen LogP contribution in [0.25, 0.3) is 37.8 Å². The van der Waals surface area contributed by atoms with Crippen molar-refractivity contribution in [1.29, 1.82) is 0 Å². The molecule has 0 bridgehead atoms. The molecule has 0 N–H and O–H groups in total. The molecule has 0 aliphatic heterocycles. The highest BCUT2D eigenvalue weighted by atomic mass is 32.1. The van der Waals surface area contributed by atoms with E-state index in [-0.39, 0.29) is 0 Å². The van der Waals surface area contributed by atoms with Gasteiger partial charge in [0.1, 0.15) is 10.8 Å². The Balaban J connectivity index is 1.73. The van der Waals surface area contributed by atoms with Crippen molar-refractivity contribution >= 4 is 27.2 Å².